The molecule has 0 radical (unpaired) electrons. The summed E-state index contributed by atoms with van der Waals surface area (Å²) in [6.07, 6.45) is 0.682. The minimum Gasteiger partial charge on any atom is -0.342 e. The molecule has 0 unspecified atom stereocenters. The molecule has 1 heterocycles. The van der Waals surface area contributed by atoms with Crippen molar-refractivity contribution >= 4 is 27.5 Å². The van der Waals surface area contributed by atoms with E-state index in [9.17, 15) is 13.2 Å². The number of hydrogen-bond acceptors (Lipinski definition) is 3. The fourth-order valence-electron chi connectivity index (χ4n) is 1.71. The van der Waals surface area contributed by atoms with Crippen molar-refractivity contribution in [2.24, 2.45) is 0 Å². The number of nitrogens with zero attached hydrogens (tertiary/aromatic N) is 2. The van der Waals surface area contributed by atoms with Crippen molar-refractivity contribution in [3.05, 3.63) is 0 Å². The summed E-state index contributed by atoms with van der Waals surface area (Å²) in [5.74, 6) is 0.0701. The maximum absolute atomic E-state index is 11.8. The lowest BCUT2D eigenvalue weighted by Crippen LogP contribution is -2.37. The van der Waals surface area contributed by atoms with Gasteiger partial charge in [0.15, 0.2) is 0 Å². The smallest absolute Gasteiger partial charge is 0.219 e. The summed E-state index contributed by atoms with van der Waals surface area (Å²) >= 11 is 5.45. The molecular weight excluding hydrogens is 252 g/mol. The van der Waals surface area contributed by atoms with E-state index in [1.165, 1.54) is 11.2 Å². The Bertz CT molecular complexity index is 345. The van der Waals surface area contributed by atoms with Gasteiger partial charge in [-0.05, 0) is 6.42 Å². The zero-order valence-electron chi connectivity index (χ0n) is 9.36. The van der Waals surface area contributed by atoms with Crippen LogP contribution in [0.5, 0.6) is 0 Å². The summed E-state index contributed by atoms with van der Waals surface area (Å²) < 4.78 is 24.9. The Morgan fingerprint density at radius 3 is 2.50 bits per heavy atom. The maximum atomic E-state index is 11.8. The molecule has 94 valence electrons. The Balaban J connectivity index is 2.63. The number of carbonyl (C=O) groups is 1. The molecule has 1 aliphatic heterocycles. The van der Waals surface area contributed by atoms with Crippen molar-refractivity contribution in [2.45, 2.75) is 13.3 Å². The molecule has 1 rings (SSSR count). The molecule has 5 nitrogen and oxygen atoms in total. The van der Waals surface area contributed by atoms with E-state index >= 15 is 0 Å². The van der Waals surface area contributed by atoms with Gasteiger partial charge in [0.25, 0.3) is 0 Å². The van der Waals surface area contributed by atoms with Crippen LogP contribution in [-0.2, 0) is 14.8 Å². The molecule has 0 saturated carbocycles. The van der Waals surface area contributed by atoms with E-state index in [2.05, 4.69) is 0 Å². The van der Waals surface area contributed by atoms with Crippen molar-refractivity contribution in [1.82, 2.24) is 9.21 Å². The van der Waals surface area contributed by atoms with Crippen molar-refractivity contribution < 1.29 is 13.2 Å². The van der Waals surface area contributed by atoms with Crippen LogP contribution in [0.15, 0.2) is 0 Å². The molecule has 0 N–H and O–H groups in total. The second-order valence-corrected chi connectivity index (χ2v) is 6.23. The molecule has 0 atom stereocenters. The fraction of sp³-hybridized carbons (Fsp3) is 0.889. The summed E-state index contributed by atoms with van der Waals surface area (Å²) in [6.45, 7) is 3.45. The van der Waals surface area contributed by atoms with Gasteiger partial charge >= 0.3 is 0 Å². The molecule has 16 heavy (non-hydrogen) atoms. The topological polar surface area (TPSA) is 57.7 Å². The number of hydrogen-bond donors (Lipinski definition) is 0. The first kappa shape index (κ1) is 13.7. The van der Waals surface area contributed by atoms with Crippen molar-refractivity contribution in [3.63, 3.8) is 0 Å². The van der Waals surface area contributed by atoms with Crippen LogP contribution in [0.1, 0.15) is 13.3 Å². The van der Waals surface area contributed by atoms with Gasteiger partial charge in [-0.1, -0.05) is 0 Å². The van der Waals surface area contributed by atoms with Crippen LogP contribution in [-0.4, -0.2) is 61.3 Å². The lowest BCUT2D eigenvalue weighted by Gasteiger charge is -2.20. The molecule has 0 aromatic heterocycles. The van der Waals surface area contributed by atoms with Gasteiger partial charge in [0.2, 0.25) is 15.9 Å². The van der Waals surface area contributed by atoms with E-state index in [1.807, 2.05) is 0 Å². The van der Waals surface area contributed by atoms with Gasteiger partial charge in [0, 0.05) is 39.0 Å². The summed E-state index contributed by atoms with van der Waals surface area (Å²) in [5, 5.41) is 0. The van der Waals surface area contributed by atoms with Gasteiger partial charge in [-0.25, -0.2) is 12.7 Å². The number of rotatable bonds is 3. The summed E-state index contributed by atoms with van der Waals surface area (Å²) in [7, 11) is -3.24. The van der Waals surface area contributed by atoms with Gasteiger partial charge in [-0.15, -0.1) is 11.6 Å². The van der Waals surface area contributed by atoms with E-state index in [4.69, 9.17) is 11.6 Å². The number of amides is 1. The maximum Gasteiger partial charge on any atom is 0.219 e. The first-order chi connectivity index (χ1) is 7.47. The first-order valence-corrected chi connectivity index (χ1v) is 7.41. The fourth-order valence-corrected chi connectivity index (χ4v) is 3.52. The van der Waals surface area contributed by atoms with E-state index < -0.39 is 10.0 Å². The van der Waals surface area contributed by atoms with Crippen LogP contribution >= 0.6 is 11.6 Å². The second kappa shape index (κ2) is 5.84. The van der Waals surface area contributed by atoms with Crippen LogP contribution in [0.2, 0.25) is 0 Å². The largest absolute Gasteiger partial charge is 0.342 e. The molecule has 1 amide bonds. The average Bonchev–Trinajstić information content (AvgIpc) is 2.42. The highest BCUT2D eigenvalue weighted by atomic mass is 35.5. The van der Waals surface area contributed by atoms with Crippen molar-refractivity contribution in [1.29, 1.82) is 0 Å². The lowest BCUT2D eigenvalue weighted by molar-refractivity contribution is -0.128. The molecule has 1 saturated heterocycles. The lowest BCUT2D eigenvalue weighted by atomic mass is 10.4. The summed E-state index contributed by atoms with van der Waals surface area (Å²) in [5.41, 5.74) is 0. The second-order valence-electron chi connectivity index (χ2n) is 3.76. The summed E-state index contributed by atoms with van der Waals surface area (Å²) in [6, 6.07) is 0. The monoisotopic (exact) mass is 268 g/mol. The SMILES string of the molecule is CC(=O)N1CCCN(S(=O)(=O)CCCl)CC1. The van der Waals surface area contributed by atoms with Gasteiger partial charge in [-0.3, -0.25) is 4.79 Å². The van der Waals surface area contributed by atoms with Crippen molar-refractivity contribution in [2.75, 3.05) is 37.8 Å². The predicted molar refractivity (Wildman–Crippen MR) is 63.0 cm³/mol. The van der Waals surface area contributed by atoms with Crippen LogP contribution < -0.4 is 0 Å². The minimum atomic E-state index is -3.24. The van der Waals surface area contributed by atoms with E-state index in [-0.39, 0.29) is 17.5 Å². The molecule has 0 aliphatic carbocycles. The number of carbonyl (C=O) groups excluding carboxylic acids is 1. The molecule has 0 bridgehead atoms. The molecular formula is C9H17ClN2O3S. The minimum absolute atomic E-state index is 0.00316. The molecule has 0 aromatic rings. The standard InChI is InChI=1S/C9H17ClN2O3S/c1-9(13)11-4-2-5-12(7-6-11)16(14,15)8-3-10/h2-8H2,1H3. The zero-order valence-corrected chi connectivity index (χ0v) is 10.9. The predicted octanol–water partition coefficient (Wildman–Crippen LogP) is 0.109. The number of halogens is 1. The zero-order chi connectivity index (χ0) is 12.2. The third kappa shape index (κ3) is 3.61. The Hall–Kier alpha value is -0.330. The molecule has 7 heteroatoms. The van der Waals surface area contributed by atoms with Crippen molar-refractivity contribution in [3.8, 4) is 0 Å². The molecule has 0 spiro atoms. The quantitative estimate of drug-likeness (QED) is 0.683. The molecule has 1 fully saturated rings. The molecule has 0 aromatic carbocycles. The molecule has 1 aliphatic rings. The Labute approximate surface area is 101 Å². The van der Waals surface area contributed by atoms with Crippen LogP contribution in [0.4, 0.5) is 0 Å². The Morgan fingerprint density at radius 2 is 1.94 bits per heavy atom. The third-order valence-corrected chi connectivity index (χ3v) is 4.91. The third-order valence-electron chi connectivity index (χ3n) is 2.63. The average molecular weight is 269 g/mol. The van der Waals surface area contributed by atoms with Gasteiger partial charge < -0.3 is 4.90 Å². The first-order valence-electron chi connectivity index (χ1n) is 5.26. The Kier molecular flexibility index (Phi) is 5.01. The Morgan fingerprint density at radius 1 is 1.25 bits per heavy atom. The summed E-state index contributed by atoms with van der Waals surface area (Å²) in [4.78, 5) is 12.8. The van der Waals surface area contributed by atoms with Gasteiger partial charge in [0.1, 0.15) is 0 Å². The van der Waals surface area contributed by atoms with Crippen LogP contribution in [0.3, 0.4) is 0 Å². The van der Waals surface area contributed by atoms with Crippen LogP contribution in [0.25, 0.3) is 0 Å². The van der Waals surface area contributed by atoms with E-state index in [1.54, 1.807) is 4.90 Å². The highest BCUT2D eigenvalue weighted by Gasteiger charge is 2.25. The van der Waals surface area contributed by atoms with E-state index in [0.717, 1.165) is 0 Å². The van der Waals surface area contributed by atoms with Gasteiger partial charge in [-0.2, -0.15) is 0 Å². The number of sulfonamides is 1. The van der Waals surface area contributed by atoms with Gasteiger partial charge in [0.05, 0.1) is 5.75 Å². The number of alkyl halides is 1. The van der Waals surface area contributed by atoms with E-state index in [0.29, 0.717) is 32.6 Å². The normalized spacial score (nSPS) is 19.5. The highest BCUT2D eigenvalue weighted by molar-refractivity contribution is 7.89. The highest BCUT2D eigenvalue weighted by Crippen LogP contribution is 2.09. The van der Waals surface area contributed by atoms with Crippen LogP contribution in [0, 0.1) is 0 Å².